The summed E-state index contributed by atoms with van der Waals surface area (Å²) in [5, 5.41) is 24.4. The number of carbonyl (C=O) groups is 4. The first-order chi connectivity index (χ1) is 41.7. The Morgan fingerprint density at radius 1 is 0.864 bits per heavy atom. The van der Waals surface area contributed by atoms with Crippen molar-refractivity contribution in [1.82, 2.24) is 19.8 Å². The minimum atomic E-state index is -1.57. The van der Waals surface area contributed by atoms with Crippen molar-refractivity contribution in [3.8, 4) is 11.5 Å². The lowest BCUT2D eigenvalue weighted by molar-refractivity contribution is -0.318. The summed E-state index contributed by atoms with van der Waals surface area (Å²) in [6.45, 7) is 18.5. The van der Waals surface area contributed by atoms with Gasteiger partial charge in [0.25, 0.3) is 5.91 Å². The highest BCUT2D eigenvalue weighted by Gasteiger charge is 2.61. The molecule has 1 aliphatic carbocycles. The smallest absolute Gasteiger partial charge is 0.410 e. The van der Waals surface area contributed by atoms with E-state index in [4.69, 9.17) is 70.6 Å². The SMILES string of the molecule is CC[C@H]1OC(=O)[C@H](C)[C@@H](O[C@H]2C[C@@](C)(OC)[C@@H](O)[C@H](C)O2)[C@H](C)[C@@H](O[C@@H]2O[C@H](C)C[C@H](N(C)C(=O)c3cccnc3)[C@H]2O)[C@](C)(OC)C[C@@H](C)C(=O)[C@H](C)[C@@H]2N(CCCN(Cc3c(Cl)cncc3Cl)c3ccc(OC)c(OC4CCCC4)c3)C(=O)O[C@@]21C. The number of aromatic nitrogens is 2. The molecule has 3 aromatic rings. The van der Waals surface area contributed by atoms with Crippen LogP contribution in [0.3, 0.4) is 0 Å². The van der Waals surface area contributed by atoms with Crippen molar-refractivity contribution in [3.63, 3.8) is 0 Å². The number of nitrogens with zero attached hydrogens (tertiary/aromatic N) is 5. The molecule has 21 nitrogen and oxygen atoms in total. The molecule has 6 heterocycles. The molecule has 4 aliphatic heterocycles. The van der Waals surface area contributed by atoms with E-state index in [2.05, 4.69) is 14.9 Å². The number of esters is 1. The van der Waals surface area contributed by atoms with Crippen LogP contribution in [-0.4, -0.2) is 185 Å². The summed E-state index contributed by atoms with van der Waals surface area (Å²) in [6.07, 6.45) is 0.872. The normalized spacial score (nSPS) is 35.2. The number of rotatable bonds is 19. The molecule has 18 atom stereocenters. The average Bonchev–Trinajstić information content (AvgIpc) is 1.96. The molecule has 0 radical (unpaired) electrons. The summed E-state index contributed by atoms with van der Waals surface area (Å²) in [5.74, 6) is -3.81. The van der Waals surface area contributed by atoms with Gasteiger partial charge in [0.2, 0.25) is 0 Å². The molecule has 488 valence electrons. The lowest BCUT2D eigenvalue weighted by Crippen LogP contribution is -2.62. The van der Waals surface area contributed by atoms with Gasteiger partial charge < -0.3 is 72.3 Å². The number of benzene rings is 1. The first kappa shape index (κ1) is 69.0. The van der Waals surface area contributed by atoms with Crippen molar-refractivity contribution in [2.24, 2.45) is 23.7 Å². The number of anilines is 1. The quantitative estimate of drug-likeness (QED) is 0.106. The zero-order valence-electron chi connectivity index (χ0n) is 53.5. The van der Waals surface area contributed by atoms with E-state index in [0.717, 1.165) is 31.4 Å². The standard InChI is InChI=1S/C65H93Cl2N5O16/c1-15-51-65(10)56(72(62(78)88-65)27-19-26-71(35-45-46(66)33-69-34-47(45)67)43-23-24-49(79-12)50(29-43)84-44-21-16-17-22-44)38(4)53(73)36(2)30-64(9,81-14)58(87-61-54(74)48(28-37(3)82-61)70(11)59(76)42-20-18-25-68-32-42)39(5)55(40(6)60(77)85-51)86-52-31-63(8,80-13)57(75)41(7)83-52/h18,20,23-25,29,32-34,36-41,44,48,51-52,54-58,61,74-75H,15-17,19,21-22,26-28,30-31,35H2,1-14H3/t36-,37-,38+,39+,40-,41+,48+,51-,52+,54-,55+,56+,57+,58-,61+,63-,64-,65-/m1/s1. The van der Waals surface area contributed by atoms with Gasteiger partial charge in [-0.1, -0.05) is 50.9 Å². The van der Waals surface area contributed by atoms with Gasteiger partial charge in [-0.05, 0) is 117 Å². The van der Waals surface area contributed by atoms with Gasteiger partial charge in [-0.15, -0.1) is 0 Å². The number of ether oxygens (including phenoxy) is 10. The molecule has 8 rings (SSSR count). The van der Waals surface area contributed by atoms with Gasteiger partial charge in [-0.2, -0.15) is 0 Å². The van der Waals surface area contributed by atoms with Gasteiger partial charge in [-0.3, -0.25) is 24.4 Å². The molecule has 2 N–H and O–H groups in total. The van der Waals surface area contributed by atoms with Crippen LogP contribution in [-0.2, 0) is 54.0 Å². The Labute approximate surface area is 528 Å². The van der Waals surface area contributed by atoms with Crippen molar-refractivity contribution in [1.29, 1.82) is 0 Å². The maximum Gasteiger partial charge on any atom is 0.410 e. The van der Waals surface area contributed by atoms with Crippen LogP contribution >= 0.6 is 23.2 Å². The first-order valence-electron chi connectivity index (χ1n) is 31.1. The number of ketones is 1. The summed E-state index contributed by atoms with van der Waals surface area (Å²) in [4.78, 5) is 73.1. The van der Waals surface area contributed by atoms with Gasteiger partial charge in [0.15, 0.2) is 29.7 Å². The van der Waals surface area contributed by atoms with Crippen molar-refractivity contribution in [3.05, 3.63) is 76.3 Å². The van der Waals surface area contributed by atoms with Crippen LogP contribution < -0.4 is 14.4 Å². The number of halogens is 2. The maximum atomic E-state index is 15.6. The Balaban J connectivity index is 1.16. The molecule has 1 saturated carbocycles. The van der Waals surface area contributed by atoms with Crippen molar-refractivity contribution in [2.75, 3.05) is 46.4 Å². The summed E-state index contributed by atoms with van der Waals surface area (Å²) in [7, 11) is 6.22. The maximum absolute atomic E-state index is 15.6. The van der Waals surface area contributed by atoms with E-state index in [9.17, 15) is 19.8 Å². The van der Waals surface area contributed by atoms with E-state index in [-0.39, 0.29) is 56.6 Å². The summed E-state index contributed by atoms with van der Waals surface area (Å²) in [5.41, 5.74) is -2.36. The number of amides is 2. The minimum Gasteiger partial charge on any atom is -0.493 e. The number of methoxy groups -OCH3 is 3. The highest BCUT2D eigenvalue weighted by Crippen LogP contribution is 2.46. The second kappa shape index (κ2) is 29.1. The third kappa shape index (κ3) is 14.7. The van der Waals surface area contributed by atoms with Crippen LogP contribution in [0.25, 0.3) is 0 Å². The van der Waals surface area contributed by atoms with Gasteiger partial charge in [-0.25, -0.2) is 4.79 Å². The van der Waals surface area contributed by atoms with Crippen LogP contribution in [0.5, 0.6) is 11.5 Å². The number of hydrogen-bond donors (Lipinski definition) is 2. The lowest BCUT2D eigenvalue weighted by Gasteiger charge is -2.50. The largest absolute Gasteiger partial charge is 0.493 e. The molecule has 1 aromatic carbocycles. The molecule has 88 heavy (non-hydrogen) atoms. The molecule has 5 aliphatic rings. The molecule has 2 amide bonds. The van der Waals surface area contributed by atoms with Gasteiger partial charge in [0, 0.05) is 107 Å². The molecular weight excluding hydrogens is 1180 g/mol. The molecule has 0 spiro atoms. The lowest BCUT2D eigenvalue weighted by atomic mass is 9.73. The average molecular weight is 1270 g/mol. The molecule has 0 unspecified atom stereocenters. The molecule has 5 fully saturated rings. The topological polar surface area (TPSA) is 237 Å². The fourth-order valence-electron chi connectivity index (χ4n) is 14.2. The van der Waals surface area contributed by atoms with Crippen LogP contribution in [0.4, 0.5) is 10.5 Å². The van der Waals surface area contributed by atoms with E-state index < -0.39 is 120 Å². The van der Waals surface area contributed by atoms with Gasteiger partial charge >= 0.3 is 12.1 Å². The Bertz CT molecular complexity index is 2860. The van der Waals surface area contributed by atoms with Crippen molar-refractivity contribution in [2.45, 2.75) is 224 Å². The van der Waals surface area contributed by atoms with E-state index in [1.807, 2.05) is 39.0 Å². The Morgan fingerprint density at radius 3 is 2.19 bits per heavy atom. The summed E-state index contributed by atoms with van der Waals surface area (Å²) < 4.78 is 64.8. The number of fused-ring (bicyclic) bond motifs is 1. The van der Waals surface area contributed by atoms with Crippen LogP contribution in [0.1, 0.15) is 143 Å². The fourth-order valence-corrected chi connectivity index (χ4v) is 14.7. The van der Waals surface area contributed by atoms with Gasteiger partial charge in [0.1, 0.15) is 24.1 Å². The summed E-state index contributed by atoms with van der Waals surface area (Å²) >= 11 is 13.6. The Kier molecular flexibility index (Phi) is 22.8. The monoisotopic (exact) mass is 1270 g/mol. The zero-order chi connectivity index (χ0) is 64.2. The second-order valence-corrected chi connectivity index (χ2v) is 26.4. The Morgan fingerprint density at radius 2 is 1.56 bits per heavy atom. The van der Waals surface area contributed by atoms with E-state index in [1.54, 1.807) is 98.2 Å². The molecular formula is C65H93Cl2N5O16. The number of likely N-dealkylation sites (N-methyl/N-ethyl adjacent to an activating group) is 1. The highest BCUT2D eigenvalue weighted by atomic mass is 35.5. The van der Waals surface area contributed by atoms with Gasteiger partial charge in [0.05, 0.1) is 82.4 Å². The molecule has 4 saturated heterocycles. The molecule has 23 heteroatoms. The predicted molar refractivity (Wildman–Crippen MR) is 328 cm³/mol. The summed E-state index contributed by atoms with van der Waals surface area (Å²) in [6, 6.07) is 7.30. The van der Waals surface area contributed by atoms with Crippen molar-refractivity contribution < 1.29 is 76.8 Å². The molecule has 0 bridgehead atoms. The number of pyridine rings is 2. The predicted octanol–water partition coefficient (Wildman–Crippen LogP) is 9.64. The third-order valence-corrected chi connectivity index (χ3v) is 20.1. The minimum absolute atomic E-state index is 0.0260. The van der Waals surface area contributed by atoms with E-state index >= 15 is 9.59 Å². The molecule has 2 aromatic heterocycles. The second-order valence-electron chi connectivity index (χ2n) is 25.6. The number of aliphatic hydroxyl groups is 2. The van der Waals surface area contributed by atoms with Crippen LogP contribution in [0.15, 0.2) is 55.1 Å². The van der Waals surface area contributed by atoms with E-state index in [1.165, 1.54) is 25.3 Å². The fraction of sp³-hybridized carbons (Fsp3) is 0.692. The van der Waals surface area contributed by atoms with Crippen molar-refractivity contribution >= 4 is 52.6 Å². The zero-order valence-corrected chi connectivity index (χ0v) is 55.0. The number of Topliss-reactive ketones (excluding diaryl/α,β-unsaturated/α-hetero) is 1. The number of carbonyl (C=O) groups excluding carboxylic acids is 4. The number of cyclic esters (lactones) is 1. The number of aliphatic hydroxyl groups excluding tert-OH is 2. The third-order valence-electron chi connectivity index (χ3n) is 19.4. The first-order valence-corrected chi connectivity index (χ1v) is 31.8. The Hall–Kier alpha value is -4.94. The van der Waals surface area contributed by atoms with E-state index in [0.29, 0.717) is 45.6 Å². The van der Waals surface area contributed by atoms with Crippen LogP contribution in [0.2, 0.25) is 10.0 Å². The highest BCUT2D eigenvalue weighted by molar-refractivity contribution is 6.35. The van der Waals surface area contributed by atoms with Crippen LogP contribution in [0, 0.1) is 23.7 Å². The number of hydrogen-bond acceptors (Lipinski definition) is 19.